The van der Waals surface area contributed by atoms with Gasteiger partial charge in [0.05, 0.1) is 19.6 Å². The molecule has 2 rings (SSSR count). The molecule has 1 aliphatic rings. The molecule has 0 aromatic heterocycles. The number of amides is 3. The zero-order valence-electron chi connectivity index (χ0n) is 20.2. The molecular weight excluding hydrogens is 442 g/mol. The second-order valence-electron chi connectivity index (χ2n) is 9.02. The molecule has 34 heavy (non-hydrogen) atoms. The smallest absolute Gasteiger partial charge is 0.408 e. The van der Waals surface area contributed by atoms with Crippen LogP contribution in [0.1, 0.15) is 58.6 Å². The maximum absolute atomic E-state index is 13.5. The fourth-order valence-corrected chi connectivity index (χ4v) is 3.38. The van der Waals surface area contributed by atoms with E-state index in [-0.39, 0.29) is 25.6 Å². The Kier molecular flexibility index (Phi) is 9.85. The molecule has 0 saturated heterocycles. The van der Waals surface area contributed by atoms with Gasteiger partial charge < -0.3 is 30.1 Å². The Bertz CT molecular complexity index is 850. The fourth-order valence-electron chi connectivity index (χ4n) is 3.38. The van der Waals surface area contributed by atoms with Crippen molar-refractivity contribution in [2.45, 2.75) is 70.7 Å². The van der Waals surface area contributed by atoms with Crippen molar-refractivity contribution in [3.05, 3.63) is 35.9 Å². The van der Waals surface area contributed by atoms with Crippen LogP contribution in [0.5, 0.6) is 0 Å². The van der Waals surface area contributed by atoms with Gasteiger partial charge in [0.25, 0.3) is 0 Å². The largest absolute Gasteiger partial charge is 0.466 e. The first-order valence-electron chi connectivity index (χ1n) is 11.5. The van der Waals surface area contributed by atoms with Crippen LogP contribution in [0.2, 0.25) is 0 Å². The van der Waals surface area contributed by atoms with E-state index in [0.29, 0.717) is 18.4 Å². The molecule has 0 heterocycles. The maximum Gasteiger partial charge on any atom is 0.408 e. The van der Waals surface area contributed by atoms with Gasteiger partial charge in [0, 0.05) is 12.6 Å². The second-order valence-corrected chi connectivity index (χ2v) is 9.02. The van der Waals surface area contributed by atoms with Crippen LogP contribution in [0.15, 0.2) is 30.3 Å². The third-order valence-electron chi connectivity index (χ3n) is 4.94. The number of hydrogen-bond acceptors (Lipinski definition) is 7. The van der Waals surface area contributed by atoms with Crippen LogP contribution in [0.4, 0.5) is 4.79 Å². The van der Waals surface area contributed by atoms with Crippen LogP contribution in [-0.4, -0.2) is 71.3 Å². The Labute approximate surface area is 200 Å². The molecule has 0 radical (unpaired) electrons. The van der Waals surface area contributed by atoms with E-state index in [1.807, 2.05) is 0 Å². The van der Waals surface area contributed by atoms with Crippen LogP contribution < -0.4 is 10.6 Å². The number of benzene rings is 1. The summed E-state index contributed by atoms with van der Waals surface area (Å²) in [6, 6.07) is 6.26. The molecule has 10 heteroatoms. The van der Waals surface area contributed by atoms with E-state index in [1.54, 1.807) is 58.0 Å². The van der Waals surface area contributed by atoms with Gasteiger partial charge in [-0.15, -0.1) is 0 Å². The highest BCUT2D eigenvalue weighted by atomic mass is 16.6. The van der Waals surface area contributed by atoms with Crippen LogP contribution in [0.3, 0.4) is 0 Å². The molecule has 10 nitrogen and oxygen atoms in total. The Balaban J connectivity index is 2.24. The number of nitrogens with zero attached hydrogens (tertiary/aromatic N) is 1. The minimum absolute atomic E-state index is 0.00205. The van der Waals surface area contributed by atoms with E-state index in [2.05, 4.69) is 10.6 Å². The Morgan fingerprint density at radius 3 is 2.32 bits per heavy atom. The molecule has 1 aliphatic carbocycles. The van der Waals surface area contributed by atoms with Crippen molar-refractivity contribution in [1.82, 2.24) is 15.5 Å². The molecule has 3 amide bonds. The molecular formula is C24H35N3O7. The first kappa shape index (κ1) is 27.1. The quantitative estimate of drug-likeness (QED) is 0.413. The standard InChI is InChI=1S/C24H35N3O7/c1-5-33-19(29)13-14-25-21(30)20(16-9-7-6-8-10-16)27(17-11-12-17)22(31)18(15-28)26-23(32)34-24(2,3)4/h6-10,17-18,20,28H,5,11-15H2,1-4H3,(H,25,30)(H,26,32). The van der Waals surface area contributed by atoms with E-state index < -0.39 is 48.2 Å². The van der Waals surface area contributed by atoms with Crippen molar-refractivity contribution in [1.29, 1.82) is 0 Å². The van der Waals surface area contributed by atoms with Crippen molar-refractivity contribution in [2.24, 2.45) is 0 Å². The number of esters is 1. The van der Waals surface area contributed by atoms with Gasteiger partial charge in [-0.25, -0.2) is 4.79 Å². The first-order valence-corrected chi connectivity index (χ1v) is 11.5. The summed E-state index contributed by atoms with van der Waals surface area (Å²) in [6.07, 6.45) is 0.537. The maximum atomic E-state index is 13.5. The van der Waals surface area contributed by atoms with Crippen molar-refractivity contribution in [2.75, 3.05) is 19.8 Å². The average molecular weight is 478 g/mol. The number of aliphatic hydroxyl groups excluding tert-OH is 1. The molecule has 3 N–H and O–H groups in total. The van der Waals surface area contributed by atoms with Gasteiger partial charge in [0.1, 0.15) is 17.7 Å². The number of alkyl carbamates (subject to hydrolysis) is 1. The monoisotopic (exact) mass is 477 g/mol. The van der Waals surface area contributed by atoms with Crippen molar-refractivity contribution in [3.8, 4) is 0 Å². The second kappa shape index (κ2) is 12.4. The molecule has 1 fully saturated rings. The van der Waals surface area contributed by atoms with E-state index in [0.717, 1.165) is 0 Å². The molecule has 188 valence electrons. The van der Waals surface area contributed by atoms with Crippen LogP contribution >= 0.6 is 0 Å². The third kappa shape index (κ3) is 8.33. The van der Waals surface area contributed by atoms with E-state index in [9.17, 15) is 24.3 Å². The number of rotatable bonds is 11. The number of hydrogen-bond donors (Lipinski definition) is 3. The predicted octanol–water partition coefficient (Wildman–Crippen LogP) is 1.67. The summed E-state index contributed by atoms with van der Waals surface area (Å²) >= 11 is 0. The highest BCUT2D eigenvalue weighted by Crippen LogP contribution is 2.35. The average Bonchev–Trinajstić information content (AvgIpc) is 3.59. The lowest BCUT2D eigenvalue weighted by molar-refractivity contribution is -0.145. The molecule has 2 unspecified atom stereocenters. The van der Waals surface area contributed by atoms with Gasteiger partial charge in [-0.3, -0.25) is 14.4 Å². The Morgan fingerprint density at radius 1 is 1.15 bits per heavy atom. The summed E-state index contributed by atoms with van der Waals surface area (Å²) < 4.78 is 10.1. The molecule has 0 spiro atoms. The lowest BCUT2D eigenvalue weighted by Crippen LogP contribution is -2.55. The first-order chi connectivity index (χ1) is 16.1. The number of nitrogens with one attached hydrogen (secondary N) is 2. The van der Waals surface area contributed by atoms with Gasteiger partial charge in [-0.05, 0) is 46.1 Å². The lowest BCUT2D eigenvalue weighted by Gasteiger charge is -2.34. The molecule has 0 aliphatic heterocycles. The summed E-state index contributed by atoms with van der Waals surface area (Å²) in [4.78, 5) is 52.0. The van der Waals surface area contributed by atoms with Crippen LogP contribution in [0.25, 0.3) is 0 Å². The summed E-state index contributed by atoms with van der Waals surface area (Å²) in [6.45, 7) is 6.39. The van der Waals surface area contributed by atoms with E-state index in [4.69, 9.17) is 9.47 Å². The van der Waals surface area contributed by atoms with Crippen molar-refractivity contribution in [3.63, 3.8) is 0 Å². The Hall–Kier alpha value is -3.14. The molecule has 1 saturated carbocycles. The molecule has 0 bridgehead atoms. The van der Waals surface area contributed by atoms with Crippen LogP contribution in [-0.2, 0) is 23.9 Å². The number of aliphatic hydroxyl groups is 1. The predicted molar refractivity (Wildman–Crippen MR) is 124 cm³/mol. The Morgan fingerprint density at radius 2 is 1.79 bits per heavy atom. The van der Waals surface area contributed by atoms with E-state index >= 15 is 0 Å². The molecule has 1 aromatic carbocycles. The van der Waals surface area contributed by atoms with Gasteiger partial charge in [0.15, 0.2) is 0 Å². The number of carbonyl (C=O) groups is 4. The molecule has 1 aromatic rings. The highest BCUT2D eigenvalue weighted by molar-refractivity contribution is 5.92. The summed E-state index contributed by atoms with van der Waals surface area (Å²) in [5.74, 6) is -1.49. The van der Waals surface area contributed by atoms with Gasteiger partial charge >= 0.3 is 12.1 Å². The topological polar surface area (TPSA) is 134 Å². The third-order valence-corrected chi connectivity index (χ3v) is 4.94. The van der Waals surface area contributed by atoms with Crippen molar-refractivity contribution < 1.29 is 33.8 Å². The summed E-state index contributed by atoms with van der Waals surface area (Å²) in [7, 11) is 0. The number of carbonyl (C=O) groups excluding carboxylic acids is 4. The van der Waals surface area contributed by atoms with Gasteiger partial charge in [-0.2, -0.15) is 0 Å². The van der Waals surface area contributed by atoms with Crippen molar-refractivity contribution >= 4 is 23.9 Å². The normalized spacial score (nSPS) is 15.0. The lowest BCUT2D eigenvalue weighted by atomic mass is 10.0. The van der Waals surface area contributed by atoms with Gasteiger partial charge in [0.2, 0.25) is 11.8 Å². The van der Waals surface area contributed by atoms with Gasteiger partial charge in [-0.1, -0.05) is 30.3 Å². The summed E-state index contributed by atoms with van der Waals surface area (Å²) in [5, 5.41) is 15.0. The fraction of sp³-hybridized carbons (Fsp3) is 0.583. The summed E-state index contributed by atoms with van der Waals surface area (Å²) in [5.41, 5.74) is -0.209. The number of ether oxygens (including phenoxy) is 2. The minimum Gasteiger partial charge on any atom is -0.466 e. The zero-order chi connectivity index (χ0) is 25.3. The molecule has 2 atom stereocenters. The SMILES string of the molecule is CCOC(=O)CCNC(=O)C(c1ccccc1)N(C(=O)C(CO)NC(=O)OC(C)(C)C)C1CC1. The minimum atomic E-state index is -1.28. The van der Waals surface area contributed by atoms with Crippen LogP contribution in [0, 0.1) is 0 Å². The van der Waals surface area contributed by atoms with E-state index in [1.165, 1.54) is 4.90 Å². The highest BCUT2D eigenvalue weighted by Gasteiger charge is 2.43. The zero-order valence-corrected chi connectivity index (χ0v) is 20.2.